The molecule has 1 heterocycles. The standard InChI is InChI=1S/C21H32N4/c1-17-20(18(2)25(23-17)19-11-7-5-8-12-19)15-22-16-21(24(3)4)13-9-6-10-14-21/h5,7-8,11-12,22H,6,9-10,13-16H2,1-4H3. The molecule has 4 nitrogen and oxygen atoms in total. The van der Waals surface area contributed by atoms with E-state index >= 15 is 0 Å². The maximum absolute atomic E-state index is 4.76. The highest BCUT2D eigenvalue weighted by atomic mass is 15.3. The van der Waals surface area contributed by atoms with Gasteiger partial charge in [-0.1, -0.05) is 37.5 Å². The van der Waals surface area contributed by atoms with E-state index in [4.69, 9.17) is 5.10 Å². The molecule has 3 rings (SSSR count). The van der Waals surface area contributed by atoms with Crippen LogP contribution in [-0.4, -0.2) is 40.9 Å². The lowest BCUT2D eigenvalue weighted by Crippen LogP contribution is -2.52. The van der Waals surface area contributed by atoms with Gasteiger partial charge >= 0.3 is 0 Å². The van der Waals surface area contributed by atoms with Crippen molar-refractivity contribution in [2.45, 2.75) is 58.0 Å². The van der Waals surface area contributed by atoms with Crippen molar-refractivity contribution < 1.29 is 0 Å². The fraction of sp³-hybridized carbons (Fsp3) is 0.571. The summed E-state index contributed by atoms with van der Waals surface area (Å²) in [4.78, 5) is 2.44. The number of nitrogens with zero attached hydrogens (tertiary/aromatic N) is 3. The van der Waals surface area contributed by atoms with Crippen molar-refractivity contribution in [3.05, 3.63) is 47.3 Å². The van der Waals surface area contributed by atoms with Gasteiger partial charge in [0.1, 0.15) is 0 Å². The van der Waals surface area contributed by atoms with Crippen LogP contribution in [0.1, 0.15) is 49.1 Å². The molecule has 0 saturated heterocycles. The van der Waals surface area contributed by atoms with Gasteiger partial charge in [-0.05, 0) is 52.9 Å². The third-order valence-corrected chi connectivity index (χ3v) is 5.93. The van der Waals surface area contributed by atoms with E-state index < -0.39 is 0 Å². The van der Waals surface area contributed by atoms with E-state index in [1.165, 1.54) is 43.4 Å². The van der Waals surface area contributed by atoms with Crippen molar-refractivity contribution in [3.8, 4) is 5.69 Å². The van der Waals surface area contributed by atoms with Crippen molar-refractivity contribution in [3.63, 3.8) is 0 Å². The van der Waals surface area contributed by atoms with Gasteiger partial charge in [0.2, 0.25) is 0 Å². The Labute approximate surface area is 152 Å². The molecule has 0 atom stereocenters. The van der Waals surface area contributed by atoms with Crippen LogP contribution in [0, 0.1) is 13.8 Å². The van der Waals surface area contributed by atoms with Crippen LogP contribution < -0.4 is 5.32 Å². The Balaban J connectivity index is 1.70. The summed E-state index contributed by atoms with van der Waals surface area (Å²) >= 11 is 0. The number of nitrogens with one attached hydrogen (secondary N) is 1. The van der Waals surface area contributed by atoms with Crippen LogP contribution in [0.4, 0.5) is 0 Å². The van der Waals surface area contributed by atoms with Gasteiger partial charge in [0.25, 0.3) is 0 Å². The van der Waals surface area contributed by atoms with Gasteiger partial charge in [-0.2, -0.15) is 5.10 Å². The summed E-state index contributed by atoms with van der Waals surface area (Å²) in [6.07, 6.45) is 6.69. The van der Waals surface area contributed by atoms with Crippen LogP contribution in [0.3, 0.4) is 0 Å². The molecule has 1 aliphatic rings. The minimum Gasteiger partial charge on any atom is -0.311 e. The first-order chi connectivity index (χ1) is 12.0. The molecular weight excluding hydrogens is 308 g/mol. The predicted octanol–water partition coefficient (Wildman–Crippen LogP) is 3.84. The number of para-hydroxylation sites is 1. The average Bonchev–Trinajstić information content (AvgIpc) is 2.91. The van der Waals surface area contributed by atoms with Gasteiger partial charge in [-0.15, -0.1) is 0 Å². The Bertz CT molecular complexity index is 681. The fourth-order valence-electron chi connectivity index (χ4n) is 4.16. The van der Waals surface area contributed by atoms with Crippen LogP contribution in [0.15, 0.2) is 30.3 Å². The molecule has 1 saturated carbocycles. The topological polar surface area (TPSA) is 33.1 Å². The average molecular weight is 341 g/mol. The molecule has 0 aliphatic heterocycles. The molecule has 2 aromatic rings. The number of benzene rings is 1. The van der Waals surface area contributed by atoms with Crippen LogP contribution in [0.5, 0.6) is 0 Å². The van der Waals surface area contributed by atoms with E-state index in [0.717, 1.165) is 24.5 Å². The lowest BCUT2D eigenvalue weighted by atomic mass is 9.80. The third-order valence-electron chi connectivity index (χ3n) is 5.93. The Morgan fingerprint density at radius 3 is 2.40 bits per heavy atom. The second-order valence-electron chi connectivity index (χ2n) is 7.68. The SMILES string of the molecule is Cc1nn(-c2ccccc2)c(C)c1CNCC1(N(C)C)CCCCC1. The van der Waals surface area contributed by atoms with Crippen molar-refractivity contribution in [1.82, 2.24) is 20.0 Å². The first-order valence-electron chi connectivity index (χ1n) is 9.52. The second kappa shape index (κ2) is 7.71. The normalized spacial score (nSPS) is 17.2. The first kappa shape index (κ1) is 18.2. The number of aryl methyl sites for hydroxylation is 1. The summed E-state index contributed by atoms with van der Waals surface area (Å²) in [5.74, 6) is 0. The van der Waals surface area contributed by atoms with E-state index in [9.17, 15) is 0 Å². The highest BCUT2D eigenvalue weighted by Crippen LogP contribution is 2.31. The number of rotatable bonds is 6. The summed E-state index contributed by atoms with van der Waals surface area (Å²) in [5.41, 5.74) is 5.13. The molecular formula is C21H32N4. The number of aromatic nitrogens is 2. The quantitative estimate of drug-likeness (QED) is 0.867. The number of likely N-dealkylation sites (N-methyl/N-ethyl adjacent to an activating group) is 1. The molecule has 4 heteroatoms. The molecule has 1 aromatic heterocycles. The Kier molecular flexibility index (Phi) is 5.60. The summed E-state index contributed by atoms with van der Waals surface area (Å²) in [5, 5.41) is 8.51. The lowest BCUT2D eigenvalue weighted by Gasteiger charge is -2.43. The molecule has 1 aromatic carbocycles. The van der Waals surface area contributed by atoms with Gasteiger partial charge in [0, 0.05) is 29.9 Å². The van der Waals surface area contributed by atoms with Gasteiger partial charge < -0.3 is 10.2 Å². The summed E-state index contributed by atoms with van der Waals surface area (Å²) in [6.45, 7) is 6.23. The zero-order valence-corrected chi connectivity index (χ0v) is 16.2. The minimum absolute atomic E-state index is 0.315. The van der Waals surface area contributed by atoms with Crippen molar-refractivity contribution in [2.75, 3.05) is 20.6 Å². The van der Waals surface area contributed by atoms with Gasteiger partial charge in [0.15, 0.2) is 0 Å². The van der Waals surface area contributed by atoms with Crippen LogP contribution in [0.2, 0.25) is 0 Å². The fourth-order valence-corrected chi connectivity index (χ4v) is 4.16. The molecule has 1 fully saturated rings. The van der Waals surface area contributed by atoms with Crippen molar-refractivity contribution >= 4 is 0 Å². The van der Waals surface area contributed by atoms with E-state index in [0.29, 0.717) is 5.54 Å². The first-order valence-corrected chi connectivity index (χ1v) is 9.52. The Morgan fingerprint density at radius 1 is 1.08 bits per heavy atom. The maximum atomic E-state index is 4.76. The summed E-state index contributed by atoms with van der Waals surface area (Å²) in [7, 11) is 4.47. The van der Waals surface area contributed by atoms with Gasteiger partial charge in [0.05, 0.1) is 11.4 Å². The minimum atomic E-state index is 0.315. The van der Waals surface area contributed by atoms with E-state index in [-0.39, 0.29) is 0 Å². The van der Waals surface area contributed by atoms with Crippen LogP contribution in [-0.2, 0) is 6.54 Å². The highest BCUT2D eigenvalue weighted by Gasteiger charge is 2.33. The zero-order chi connectivity index (χ0) is 17.9. The highest BCUT2D eigenvalue weighted by molar-refractivity contribution is 5.36. The molecule has 0 unspecified atom stereocenters. The molecule has 136 valence electrons. The van der Waals surface area contributed by atoms with E-state index in [2.05, 4.69) is 67.1 Å². The summed E-state index contributed by atoms with van der Waals surface area (Å²) < 4.78 is 2.06. The Morgan fingerprint density at radius 2 is 1.76 bits per heavy atom. The Hall–Kier alpha value is -1.65. The molecule has 1 N–H and O–H groups in total. The molecule has 0 radical (unpaired) electrons. The monoisotopic (exact) mass is 340 g/mol. The van der Waals surface area contributed by atoms with Crippen LogP contribution >= 0.6 is 0 Å². The van der Waals surface area contributed by atoms with Crippen molar-refractivity contribution in [1.29, 1.82) is 0 Å². The van der Waals surface area contributed by atoms with Gasteiger partial charge in [-0.25, -0.2) is 4.68 Å². The molecule has 0 amide bonds. The molecule has 0 spiro atoms. The second-order valence-corrected chi connectivity index (χ2v) is 7.68. The van der Waals surface area contributed by atoms with Gasteiger partial charge in [-0.3, -0.25) is 0 Å². The number of hydrogen-bond acceptors (Lipinski definition) is 3. The lowest BCUT2D eigenvalue weighted by molar-refractivity contribution is 0.0983. The molecule has 25 heavy (non-hydrogen) atoms. The smallest absolute Gasteiger partial charge is 0.0648 e. The van der Waals surface area contributed by atoms with Crippen LogP contribution in [0.25, 0.3) is 5.69 Å². The molecule has 1 aliphatic carbocycles. The summed E-state index contributed by atoms with van der Waals surface area (Å²) in [6, 6.07) is 10.4. The third kappa shape index (κ3) is 3.80. The van der Waals surface area contributed by atoms with Crippen molar-refractivity contribution in [2.24, 2.45) is 0 Å². The van der Waals surface area contributed by atoms with E-state index in [1.807, 2.05) is 6.07 Å². The van der Waals surface area contributed by atoms with E-state index in [1.54, 1.807) is 0 Å². The maximum Gasteiger partial charge on any atom is 0.0648 e. The number of hydrogen-bond donors (Lipinski definition) is 1. The largest absolute Gasteiger partial charge is 0.311 e. The molecule has 0 bridgehead atoms. The zero-order valence-electron chi connectivity index (χ0n) is 16.2. The predicted molar refractivity (Wildman–Crippen MR) is 104 cm³/mol.